The molecule has 0 saturated carbocycles. The third-order valence-electron chi connectivity index (χ3n) is 1.41. The van der Waals surface area contributed by atoms with E-state index in [4.69, 9.17) is 5.73 Å². The molecule has 0 aromatic rings. The first-order chi connectivity index (χ1) is 4.96. The van der Waals surface area contributed by atoms with Crippen molar-refractivity contribution in [3.05, 3.63) is 0 Å². The van der Waals surface area contributed by atoms with E-state index in [-0.39, 0.29) is 0 Å². The van der Waals surface area contributed by atoms with E-state index in [0.717, 1.165) is 0 Å². The van der Waals surface area contributed by atoms with Gasteiger partial charge in [0.25, 0.3) is 6.43 Å². The lowest BCUT2D eigenvalue weighted by molar-refractivity contribution is -0.173. The zero-order valence-corrected chi connectivity index (χ0v) is 6.80. The lowest BCUT2D eigenvalue weighted by atomic mass is 10.0. The maximum atomic E-state index is 12.2. The fourth-order valence-electron chi connectivity index (χ4n) is 0.707. The number of methoxy groups -OCH3 is 2. The molecule has 0 rings (SSSR count). The minimum atomic E-state index is -2.67. The van der Waals surface area contributed by atoms with Crippen molar-refractivity contribution >= 4 is 0 Å². The summed E-state index contributed by atoms with van der Waals surface area (Å²) in [6.45, 7) is 1.18. The topological polar surface area (TPSA) is 44.5 Å². The van der Waals surface area contributed by atoms with Crippen LogP contribution in [0.15, 0.2) is 0 Å². The molecule has 0 aliphatic heterocycles. The van der Waals surface area contributed by atoms with Gasteiger partial charge in [-0.3, -0.25) is 0 Å². The molecule has 0 aliphatic carbocycles. The molecule has 0 spiro atoms. The molecule has 68 valence electrons. The van der Waals surface area contributed by atoms with Crippen LogP contribution in [-0.2, 0) is 9.47 Å². The lowest BCUT2D eigenvalue weighted by Crippen LogP contribution is -2.55. The van der Waals surface area contributed by atoms with Gasteiger partial charge in [0, 0.05) is 14.2 Å². The average Bonchev–Trinajstić information content (AvgIpc) is 1.89. The second-order valence-electron chi connectivity index (χ2n) is 2.47. The van der Waals surface area contributed by atoms with Crippen molar-refractivity contribution < 1.29 is 18.3 Å². The Balaban J connectivity index is 4.24. The average molecular weight is 169 g/mol. The number of ether oxygens (including phenoxy) is 2. The molecular weight excluding hydrogens is 156 g/mol. The summed E-state index contributed by atoms with van der Waals surface area (Å²) in [5.74, 6) is 0. The highest BCUT2D eigenvalue weighted by molar-refractivity contribution is 4.85. The van der Waals surface area contributed by atoms with E-state index in [1.54, 1.807) is 0 Å². The van der Waals surface area contributed by atoms with Crippen LogP contribution in [0.5, 0.6) is 0 Å². The van der Waals surface area contributed by atoms with Crippen LogP contribution in [0.2, 0.25) is 0 Å². The number of hydrogen-bond acceptors (Lipinski definition) is 3. The van der Waals surface area contributed by atoms with Crippen molar-refractivity contribution in [2.75, 3.05) is 14.2 Å². The summed E-state index contributed by atoms with van der Waals surface area (Å²) >= 11 is 0. The third-order valence-corrected chi connectivity index (χ3v) is 1.41. The molecular formula is C6H13F2NO2. The first kappa shape index (κ1) is 10.7. The Hall–Kier alpha value is -0.260. The summed E-state index contributed by atoms with van der Waals surface area (Å²) in [6, 6.07) is 0. The Kier molecular flexibility index (Phi) is 3.85. The summed E-state index contributed by atoms with van der Waals surface area (Å²) in [7, 11) is 2.53. The SMILES string of the molecule is COC(OC)C(C)(N)C(F)F. The molecule has 0 bridgehead atoms. The van der Waals surface area contributed by atoms with E-state index >= 15 is 0 Å². The zero-order chi connectivity index (χ0) is 9.07. The molecule has 11 heavy (non-hydrogen) atoms. The molecule has 1 unspecified atom stereocenters. The fraction of sp³-hybridized carbons (Fsp3) is 1.00. The maximum Gasteiger partial charge on any atom is 0.260 e. The van der Waals surface area contributed by atoms with Crippen molar-refractivity contribution in [2.45, 2.75) is 25.2 Å². The molecule has 2 N–H and O–H groups in total. The van der Waals surface area contributed by atoms with E-state index < -0.39 is 18.3 Å². The van der Waals surface area contributed by atoms with Gasteiger partial charge in [-0.05, 0) is 6.92 Å². The Morgan fingerprint density at radius 3 is 1.73 bits per heavy atom. The monoisotopic (exact) mass is 169 g/mol. The van der Waals surface area contributed by atoms with Crippen LogP contribution in [0.1, 0.15) is 6.92 Å². The van der Waals surface area contributed by atoms with Crippen molar-refractivity contribution in [1.82, 2.24) is 0 Å². The van der Waals surface area contributed by atoms with Gasteiger partial charge in [0.05, 0.1) is 0 Å². The maximum absolute atomic E-state index is 12.2. The van der Waals surface area contributed by atoms with Crippen LogP contribution in [-0.4, -0.2) is 32.5 Å². The molecule has 0 aromatic carbocycles. The second-order valence-corrected chi connectivity index (χ2v) is 2.47. The number of nitrogens with two attached hydrogens (primary N) is 1. The van der Waals surface area contributed by atoms with Gasteiger partial charge in [0.15, 0.2) is 6.29 Å². The summed E-state index contributed by atoms with van der Waals surface area (Å²) in [6.07, 6.45) is -3.75. The Morgan fingerprint density at radius 1 is 1.27 bits per heavy atom. The van der Waals surface area contributed by atoms with Gasteiger partial charge >= 0.3 is 0 Å². The first-order valence-electron chi connectivity index (χ1n) is 3.09. The van der Waals surface area contributed by atoms with E-state index in [1.165, 1.54) is 21.1 Å². The van der Waals surface area contributed by atoms with E-state index in [2.05, 4.69) is 9.47 Å². The summed E-state index contributed by atoms with van der Waals surface area (Å²) in [5.41, 5.74) is 3.46. The van der Waals surface area contributed by atoms with Crippen LogP contribution < -0.4 is 5.73 Å². The van der Waals surface area contributed by atoms with Crippen LogP contribution in [0.4, 0.5) is 8.78 Å². The molecule has 0 amide bonds. The molecule has 1 atom stereocenters. The Bertz CT molecular complexity index is 115. The zero-order valence-electron chi connectivity index (χ0n) is 6.80. The van der Waals surface area contributed by atoms with Crippen LogP contribution in [0.3, 0.4) is 0 Å². The first-order valence-corrected chi connectivity index (χ1v) is 3.09. The molecule has 0 saturated heterocycles. The molecule has 3 nitrogen and oxygen atoms in total. The van der Waals surface area contributed by atoms with Gasteiger partial charge in [0.2, 0.25) is 0 Å². The van der Waals surface area contributed by atoms with Gasteiger partial charge in [-0.15, -0.1) is 0 Å². The predicted octanol–water partition coefficient (Wildman–Crippen LogP) is 0.588. The second kappa shape index (κ2) is 3.94. The Labute approximate surface area is 64.5 Å². The lowest BCUT2D eigenvalue weighted by Gasteiger charge is -2.30. The van der Waals surface area contributed by atoms with E-state index in [0.29, 0.717) is 0 Å². The van der Waals surface area contributed by atoms with Crippen molar-refractivity contribution in [2.24, 2.45) is 5.73 Å². The fourth-order valence-corrected chi connectivity index (χ4v) is 0.707. The van der Waals surface area contributed by atoms with Gasteiger partial charge in [-0.2, -0.15) is 0 Å². The number of rotatable bonds is 4. The van der Waals surface area contributed by atoms with Gasteiger partial charge < -0.3 is 15.2 Å². The normalized spacial score (nSPS) is 17.5. The third kappa shape index (κ3) is 2.36. The van der Waals surface area contributed by atoms with Gasteiger partial charge in [0.1, 0.15) is 5.54 Å². The minimum Gasteiger partial charge on any atom is -0.354 e. The van der Waals surface area contributed by atoms with Crippen LogP contribution in [0, 0.1) is 0 Å². The molecule has 0 fully saturated rings. The predicted molar refractivity (Wildman–Crippen MR) is 36.4 cm³/mol. The van der Waals surface area contributed by atoms with Gasteiger partial charge in [-0.1, -0.05) is 0 Å². The van der Waals surface area contributed by atoms with Crippen molar-refractivity contribution in [3.63, 3.8) is 0 Å². The summed E-state index contributed by atoms with van der Waals surface area (Å²) < 4.78 is 33.5. The van der Waals surface area contributed by atoms with Crippen LogP contribution >= 0.6 is 0 Å². The summed E-state index contributed by atoms with van der Waals surface area (Å²) in [4.78, 5) is 0. The van der Waals surface area contributed by atoms with Crippen molar-refractivity contribution in [3.8, 4) is 0 Å². The van der Waals surface area contributed by atoms with E-state index in [9.17, 15) is 8.78 Å². The van der Waals surface area contributed by atoms with E-state index in [1.807, 2.05) is 0 Å². The molecule has 0 aromatic heterocycles. The highest BCUT2D eigenvalue weighted by Gasteiger charge is 2.39. The van der Waals surface area contributed by atoms with Crippen molar-refractivity contribution in [1.29, 1.82) is 0 Å². The molecule has 0 heterocycles. The van der Waals surface area contributed by atoms with Gasteiger partial charge in [-0.25, -0.2) is 8.78 Å². The highest BCUT2D eigenvalue weighted by atomic mass is 19.3. The molecule has 5 heteroatoms. The highest BCUT2D eigenvalue weighted by Crippen LogP contribution is 2.18. The number of hydrogen-bond donors (Lipinski definition) is 1. The summed E-state index contributed by atoms with van der Waals surface area (Å²) in [5, 5.41) is 0. The quantitative estimate of drug-likeness (QED) is 0.626. The Morgan fingerprint density at radius 2 is 1.64 bits per heavy atom. The van der Waals surface area contributed by atoms with Crippen LogP contribution in [0.25, 0.3) is 0 Å². The largest absolute Gasteiger partial charge is 0.354 e. The molecule has 0 radical (unpaired) electrons. The smallest absolute Gasteiger partial charge is 0.260 e. The standard InChI is InChI=1S/C6H13F2NO2/c1-6(9,4(7)8)5(10-2)11-3/h4-5H,9H2,1-3H3. The number of halogens is 2. The minimum absolute atomic E-state index is 1.08. The molecule has 0 aliphatic rings. The number of alkyl halides is 2.